The molecule has 0 saturated carbocycles. The van der Waals surface area contributed by atoms with E-state index in [2.05, 4.69) is 17.4 Å². The molecule has 1 atom stereocenters. The number of nitrogens with zero attached hydrogens (tertiary/aromatic N) is 1. The first-order chi connectivity index (χ1) is 11.3. The van der Waals surface area contributed by atoms with Crippen molar-refractivity contribution in [2.45, 2.75) is 25.3 Å². The minimum Gasteiger partial charge on any atom is -0.351 e. The molecule has 2 aromatic rings. The number of nitrogens with one attached hydrogen (secondary N) is 1. The molecule has 1 aromatic carbocycles. The Morgan fingerprint density at radius 1 is 1.17 bits per heavy atom. The molecule has 0 spiro atoms. The monoisotopic (exact) mass is 328 g/mol. The third kappa shape index (κ3) is 3.79. The summed E-state index contributed by atoms with van der Waals surface area (Å²) in [6.45, 7) is 1.19. The Kier molecular flexibility index (Phi) is 5.08. The second kappa shape index (κ2) is 7.42. The van der Waals surface area contributed by atoms with Crippen LogP contribution in [0.2, 0.25) is 0 Å². The predicted octanol–water partition coefficient (Wildman–Crippen LogP) is 3.23. The van der Waals surface area contributed by atoms with Gasteiger partial charge in [-0.05, 0) is 29.9 Å². The lowest BCUT2D eigenvalue weighted by Crippen LogP contribution is -2.34. The van der Waals surface area contributed by atoms with Crippen molar-refractivity contribution in [1.29, 1.82) is 0 Å². The number of amides is 2. The van der Waals surface area contributed by atoms with Crippen molar-refractivity contribution < 1.29 is 9.59 Å². The average molecular weight is 328 g/mol. The van der Waals surface area contributed by atoms with Gasteiger partial charge in [0.05, 0.1) is 10.9 Å². The normalized spacial score (nSPS) is 17.2. The maximum Gasteiger partial charge on any atom is 0.261 e. The van der Waals surface area contributed by atoms with Gasteiger partial charge in [-0.15, -0.1) is 11.3 Å². The molecule has 1 aliphatic rings. The number of hydrogen-bond donors (Lipinski definition) is 1. The number of carbonyl (C=O) groups excluding carboxylic acids is 2. The standard InChI is InChI=1S/C18H20N2O2S/c21-17(10-11-19-18(22)16-9-5-13-23-16)20-12-4-8-15(20)14-6-2-1-3-7-14/h1-3,5-7,9,13,15H,4,8,10-12H2,(H,19,22). The summed E-state index contributed by atoms with van der Waals surface area (Å²) in [5, 5.41) is 4.69. The highest BCUT2D eigenvalue weighted by Crippen LogP contribution is 2.32. The summed E-state index contributed by atoms with van der Waals surface area (Å²) >= 11 is 1.41. The fourth-order valence-electron chi connectivity index (χ4n) is 3.01. The average Bonchev–Trinajstić information content (AvgIpc) is 3.27. The molecular weight excluding hydrogens is 308 g/mol. The lowest BCUT2D eigenvalue weighted by molar-refractivity contribution is -0.132. The lowest BCUT2D eigenvalue weighted by atomic mass is 10.0. The Bertz CT molecular complexity index is 655. The summed E-state index contributed by atoms with van der Waals surface area (Å²) in [6.07, 6.45) is 2.39. The maximum absolute atomic E-state index is 12.5. The molecule has 3 rings (SSSR count). The van der Waals surface area contributed by atoms with Crippen LogP contribution in [0.15, 0.2) is 47.8 Å². The zero-order chi connectivity index (χ0) is 16.1. The number of benzene rings is 1. The van der Waals surface area contributed by atoms with E-state index in [-0.39, 0.29) is 17.9 Å². The topological polar surface area (TPSA) is 49.4 Å². The van der Waals surface area contributed by atoms with E-state index in [1.54, 1.807) is 6.07 Å². The first-order valence-electron chi connectivity index (χ1n) is 7.92. The molecular formula is C18H20N2O2S. The molecule has 2 heterocycles. The summed E-state index contributed by atoms with van der Waals surface area (Å²) < 4.78 is 0. The quantitative estimate of drug-likeness (QED) is 0.916. The van der Waals surface area contributed by atoms with Crippen LogP contribution in [0.1, 0.15) is 40.5 Å². The molecule has 4 nitrogen and oxygen atoms in total. The van der Waals surface area contributed by atoms with Crippen LogP contribution in [0.25, 0.3) is 0 Å². The highest BCUT2D eigenvalue weighted by atomic mass is 32.1. The van der Waals surface area contributed by atoms with Crippen molar-refractivity contribution in [1.82, 2.24) is 10.2 Å². The van der Waals surface area contributed by atoms with Gasteiger partial charge >= 0.3 is 0 Å². The molecule has 0 aliphatic carbocycles. The van der Waals surface area contributed by atoms with Gasteiger partial charge in [0.25, 0.3) is 5.91 Å². The Labute approximate surface area is 140 Å². The first-order valence-corrected chi connectivity index (χ1v) is 8.80. The van der Waals surface area contributed by atoms with Crippen LogP contribution < -0.4 is 5.32 Å². The number of carbonyl (C=O) groups is 2. The number of rotatable bonds is 5. The fraction of sp³-hybridized carbons (Fsp3) is 0.333. The molecule has 5 heteroatoms. The van der Waals surface area contributed by atoms with Gasteiger partial charge in [-0.2, -0.15) is 0 Å². The van der Waals surface area contributed by atoms with Crippen LogP contribution in [0.4, 0.5) is 0 Å². The second-order valence-corrected chi connectivity index (χ2v) is 6.59. The van der Waals surface area contributed by atoms with Crippen LogP contribution in [-0.2, 0) is 4.79 Å². The number of thiophene rings is 1. The zero-order valence-electron chi connectivity index (χ0n) is 12.9. The van der Waals surface area contributed by atoms with Gasteiger partial charge in [0, 0.05) is 19.5 Å². The first kappa shape index (κ1) is 15.7. The maximum atomic E-state index is 12.5. The number of likely N-dealkylation sites (tertiary alicyclic amines) is 1. The summed E-state index contributed by atoms with van der Waals surface area (Å²) in [6, 6.07) is 14.0. The molecule has 1 N–H and O–H groups in total. The Morgan fingerprint density at radius 3 is 2.74 bits per heavy atom. The predicted molar refractivity (Wildman–Crippen MR) is 91.4 cm³/mol. The molecule has 1 aliphatic heterocycles. The van der Waals surface area contributed by atoms with E-state index in [1.807, 2.05) is 34.5 Å². The summed E-state index contributed by atoms with van der Waals surface area (Å²) in [4.78, 5) is 27.0. The van der Waals surface area contributed by atoms with Crippen LogP contribution in [0.5, 0.6) is 0 Å². The summed E-state index contributed by atoms with van der Waals surface area (Å²) in [7, 11) is 0. The van der Waals surface area contributed by atoms with E-state index in [4.69, 9.17) is 0 Å². The summed E-state index contributed by atoms with van der Waals surface area (Å²) in [5.41, 5.74) is 1.20. The van der Waals surface area contributed by atoms with Crippen molar-refractivity contribution in [2.75, 3.05) is 13.1 Å². The minimum absolute atomic E-state index is 0.103. The van der Waals surface area contributed by atoms with E-state index in [9.17, 15) is 9.59 Å². The highest BCUT2D eigenvalue weighted by molar-refractivity contribution is 7.12. The number of hydrogen-bond acceptors (Lipinski definition) is 3. The van der Waals surface area contributed by atoms with Crippen LogP contribution in [-0.4, -0.2) is 29.8 Å². The van der Waals surface area contributed by atoms with Gasteiger partial charge < -0.3 is 10.2 Å². The van der Waals surface area contributed by atoms with Crippen molar-refractivity contribution in [3.05, 3.63) is 58.3 Å². The largest absolute Gasteiger partial charge is 0.351 e. The molecule has 0 radical (unpaired) electrons. The zero-order valence-corrected chi connectivity index (χ0v) is 13.7. The molecule has 120 valence electrons. The molecule has 1 saturated heterocycles. The van der Waals surface area contributed by atoms with Crippen molar-refractivity contribution >= 4 is 23.2 Å². The molecule has 1 unspecified atom stereocenters. The third-order valence-electron chi connectivity index (χ3n) is 4.13. The molecule has 1 fully saturated rings. The third-order valence-corrected chi connectivity index (χ3v) is 5.00. The Hall–Kier alpha value is -2.14. The van der Waals surface area contributed by atoms with E-state index in [0.29, 0.717) is 17.8 Å². The van der Waals surface area contributed by atoms with Gasteiger partial charge in [-0.3, -0.25) is 9.59 Å². The van der Waals surface area contributed by atoms with Gasteiger partial charge in [-0.25, -0.2) is 0 Å². The Morgan fingerprint density at radius 2 is 2.00 bits per heavy atom. The molecule has 1 aromatic heterocycles. The lowest BCUT2D eigenvalue weighted by Gasteiger charge is -2.25. The van der Waals surface area contributed by atoms with Gasteiger partial charge in [0.15, 0.2) is 0 Å². The van der Waals surface area contributed by atoms with Gasteiger partial charge in [-0.1, -0.05) is 36.4 Å². The molecule has 0 bridgehead atoms. The van der Waals surface area contributed by atoms with Gasteiger partial charge in [0.2, 0.25) is 5.91 Å². The van der Waals surface area contributed by atoms with Crippen molar-refractivity contribution in [3.8, 4) is 0 Å². The van der Waals surface area contributed by atoms with Crippen LogP contribution in [0, 0.1) is 0 Å². The summed E-state index contributed by atoms with van der Waals surface area (Å²) in [5.74, 6) is 0.0108. The van der Waals surface area contributed by atoms with E-state index < -0.39 is 0 Å². The van der Waals surface area contributed by atoms with Crippen LogP contribution >= 0.6 is 11.3 Å². The Balaban J connectivity index is 1.52. The van der Waals surface area contributed by atoms with E-state index in [1.165, 1.54) is 16.9 Å². The fourth-order valence-corrected chi connectivity index (χ4v) is 3.65. The molecule has 23 heavy (non-hydrogen) atoms. The van der Waals surface area contributed by atoms with Gasteiger partial charge in [0.1, 0.15) is 0 Å². The second-order valence-electron chi connectivity index (χ2n) is 5.64. The molecule has 2 amide bonds. The smallest absolute Gasteiger partial charge is 0.261 e. The van der Waals surface area contributed by atoms with E-state index in [0.717, 1.165) is 19.4 Å². The van der Waals surface area contributed by atoms with Crippen molar-refractivity contribution in [3.63, 3.8) is 0 Å². The SMILES string of the molecule is O=C(NCCC(=O)N1CCCC1c1ccccc1)c1cccs1. The highest BCUT2D eigenvalue weighted by Gasteiger charge is 2.29. The minimum atomic E-state index is -0.103. The van der Waals surface area contributed by atoms with Crippen molar-refractivity contribution in [2.24, 2.45) is 0 Å². The van der Waals surface area contributed by atoms with Crippen LogP contribution in [0.3, 0.4) is 0 Å². The van der Waals surface area contributed by atoms with E-state index >= 15 is 0 Å².